The lowest BCUT2D eigenvalue weighted by Crippen LogP contribution is -2.34. The average Bonchev–Trinajstić information content (AvgIpc) is 3.49. The van der Waals surface area contributed by atoms with Crippen molar-refractivity contribution in [1.82, 2.24) is 14.5 Å². The van der Waals surface area contributed by atoms with Crippen LogP contribution < -0.4 is 4.74 Å². The van der Waals surface area contributed by atoms with Gasteiger partial charge in [-0.3, -0.25) is 9.69 Å². The number of halogens is 1. The molecule has 3 aliphatic rings. The van der Waals surface area contributed by atoms with Crippen LogP contribution in [0.4, 0.5) is 4.39 Å². The second-order valence-corrected chi connectivity index (χ2v) is 11.5. The molecule has 0 radical (unpaired) electrons. The van der Waals surface area contributed by atoms with Crippen LogP contribution in [0.5, 0.6) is 5.75 Å². The Labute approximate surface area is 236 Å². The van der Waals surface area contributed by atoms with Crippen LogP contribution in [0.15, 0.2) is 53.6 Å². The summed E-state index contributed by atoms with van der Waals surface area (Å²) in [6, 6.07) is 14.2. The fourth-order valence-corrected chi connectivity index (χ4v) is 6.36. The first kappa shape index (κ1) is 26.6. The van der Waals surface area contributed by atoms with Crippen LogP contribution in [0.1, 0.15) is 41.1 Å². The molecule has 0 spiro atoms. The topological polar surface area (TPSA) is 101 Å². The number of hydrogen-bond acceptors (Lipinski definition) is 7. The van der Waals surface area contributed by atoms with Crippen LogP contribution in [0.25, 0.3) is 5.57 Å². The summed E-state index contributed by atoms with van der Waals surface area (Å²) in [4.78, 5) is 18.8. The summed E-state index contributed by atoms with van der Waals surface area (Å²) >= 11 is 1.35. The molecule has 1 fully saturated rings. The highest BCUT2D eigenvalue weighted by Crippen LogP contribution is 2.38. The lowest BCUT2D eigenvalue weighted by Gasteiger charge is -2.30. The van der Waals surface area contributed by atoms with Gasteiger partial charge in [0, 0.05) is 31.7 Å². The minimum Gasteiger partial charge on any atom is -0.489 e. The van der Waals surface area contributed by atoms with Crippen molar-refractivity contribution in [2.45, 2.75) is 55.3 Å². The molecule has 0 saturated carbocycles. The van der Waals surface area contributed by atoms with Crippen molar-refractivity contribution >= 4 is 23.3 Å². The van der Waals surface area contributed by atoms with E-state index in [-0.39, 0.29) is 18.3 Å². The summed E-state index contributed by atoms with van der Waals surface area (Å²) in [5.41, 5.74) is 4.03. The molecule has 10 heteroatoms. The molecule has 2 aromatic carbocycles. The monoisotopic (exact) mass is 560 g/mol. The van der Waals surface area contributed by atoms with E-state index in [1.807, 2.05) is 24.3 Å². The van der Waals surface area contributed by atoms with Crippen molar-refractivity contribution in [3.05, 3.63) is 82.6 Å². The molecule has 2 atom stereocenters. The number of ether oxygens (including phenoxy) is 2. The summed E-state index contributed by atoms with van der Waals surface area (Å²) in [5, 5.41) is 18.8. The summed E-state index contributed by atoms with van der Waals surface area (Å²) in [5.74, 6) is 0.396. The minimum atomic E-state index is -0.791. The van der Waals surface area contributed by atoms with Crippen molar-refractivity contribution < 1.29 is 23.8 Å². The number of rotatable bonds is 9. The Morgan fingerprint density at radius 2 is 2.17 bits per heavy atom. The summed E-state index contributed by atoms with van der Waals surface area (Å²) in [7, 11) is 0. The Morgan fingerprint density at radius 1 is 1.30 bits per heavy atom. The number of thioether (sulfide) groups is 1. The highest BCUT2D eigenvalue weighted by molar-refractivity contribution is 8.00. The molecule has 0 aliphatic carbocycles. The third-order valence-corrected chi connectivity index (χ3v) is 8.85. The van der Waals surface area contributed by atoms with E-state index < -0.39 is 17.0 Å². The molecule has 3 aromatic rings. The summed E-state index contributed by atoms with van der Waals surface area (Å²) in [6.45, 7) is 3.93. The third kappa shape index (κ3) is 5.63. The van der Waals surface area contributed by atoms with Crippen molar-refractivity contribution in [3.8, 4) is 11.8 Å². The first-order chi connectivity index (χ1) is 19.5. The van der Waals surface area contributed by atoms with E-state index in [2.05, 4.69) is 21.6 Å². The Morgan fingerprint density at radius 3 is 2.88 bits per heavy atom. The SMILES string of the molecule is N#Cc1ccc(COc2cccc(C3=CCN(Cc4nc5c(n4CC4CCO4)CC(C(=O)O)S5)CC3)c2)c(F)c1. The second kappa shape index (κ2) is 11.5. The lowest BCUT2D eigenvalue weighted by atomic mass is 9.99. The number of aromatic nitrogens is 2. The number of aliphatic carboxylic acids is 1. The van der Waals surface area contributed by atoms with E-state index in [1.54, 1.807) is 12.1 Å². The van der Waals surface area contributed by atoms with Crippen LogP contribution in [0.3, 0.4) is 0 Å². The van der Waals surface area contributed by atoms with Crippen molar-refractivity contribution in [2.24, 2.45) is 0 Å². The van der Waals surface area contributed by atoms with Gasteiger partial charge in [-0.05, 0) is 48.2 Å². The molecule has 0 amide bonds. The molecule has 40 heavy (non-hydrogen) atoms. The van der Waals surface area contributed by atoms with Crippen LogP contribution in [-0.4, -0.2) is 56.6 Å². The number of hydrogen-bond donors (Lipinski definition) is 1. The molecule has 6 rings (SSSR count). The van der Waals surface area contributed by atoms with E-state index in [0.717, 1.165) is 61.2 Å². The van der Waals surface area contributed by atoms with Gasteiger partial charge in [0.1, 0.15) is 34.3 Å². The average molecular weight is 561 g/mol. The standard InChI is InChI=1S/C30H29FN4O4S/c31-25-12-19(15-32)4-5-22(25)18-39-23-3-1-2-21(13-23)20-6-9-34(10-7-20)17-28-33-29-26(14-27(40-29)30(36)37)35(28)16-24-8-11-38-24/h1-6,12-13,24,27H,7-11,14,16-18H2,(H,36,37). The number of fused-ring (bicyclic) bond motifs is 1. The minimum absolute atomic E-state index is 0.0852. The molecule has 206 valence electrons. The van der Waals surface area contributed by atoms with Gasteiger partial charge in [-0.2, -0.15) is 5.26 Å². The van der Waals surface area contributed by atoms with Gasteiger partial charge in [0.15, 0.2) is 0 Å². The van der Waals surface area contributed by atoms with E-state index in [0.29, 0.717) is 24.3 Å². The number of imidazole rings is 1. The quantitative estimate of drug-likeness (QED) is 0.404. The number of carbonyl (C=O) groups is 1. The molecule has 2 unspecified atom stereocenters. The van der Waals surface area contributed by atoms with Gasteiger partial charge < -0.3 is 19.1 Å². The predicted molar refractivity (Wildman–Crippen MR) is 147 cm³/mol. The van der Waals surface area contributed by atoms with Crippen LogP contribution in [0, 0.1) is 17.1 Å². The molecule has 0 bridgehead atoms. The summed E-state index contributed by atoms with van der Waals surface area (Å²) in [6.07, 6.45) is 4.78. The Hall–Kier alpha value is -3.65. The molecule has 1 saturated heterocycles. The Bertz CT molecular complexity index is 1510. The molecule has 3 aliphatic heterocycles. The first-order valence-corrected chi connectivity index (χ1v) is 14.3. The smallest absolute Gasteiger partial charge is 0.317 e. The molecule has 8 nitrogen and oxygen atoms in total. The maximum absolute atomic E-state index is 14.2. The molecule has 4 heterocycles. The third-order valence-electron chi connectivity index (χ3n) is 7.64. The van der Waals surface area contributed by atoms with E-state index in [4.69, 9.17) is 19.7 Å². The van der Waals surface area contributed by atoms with E-state index in [9.17, 15) is 14.3 Å². The maximum Gasteiger partial charge on any atom is 0.317 e. The highest BCUT2D eigenvalue weighted by atomic mass is 32.2. The van der Waals surface area contributed by atoms with E-state index >= 15 is 0 Å². The van der Waals surface area contributed by atoms with Crippen molar-refractivity contribution in [1.29, 1.82) is 5.26 Å². The number of nitriles is 1. The number of nitrogens with zero attached hydrogens (tertiary/aromatic N) is 4. The second-order valence-electron chi connectivity index (χ2n) is 10.3. The Kier molecular flexibility index (Phi) is 7.61. The predicted octanol–water partition coefficient (Wildman–Crippen LogP) is 4.65. The highest BCUT2D eigenvalue weighted by Gasteiger charge is 2.35. The van der Waals surface area contributed by atoms with Gasteiger partial charge in [-0.15, -0.1) is 0 Å². The number of benzene rings is 2. The van der Waals surface area contributed by atoms with Gasteiger partial charge in [0.05, 0.1) is 36.5 Å². The number of carboxylic acid groups (broad SMARTS) is 1. The van der Waals surface area contributed by atoms with Crippen LogP contribution >= 0.6 is 11.8 Å². The normalized spacial score (nSPS) is 20.4. The Balaban J connectivity index is 1.10. The lowest BCUT2D eigenvalue weighted by molar-refractivity contribution is -0.136. The molecule has 1 aromatic heterocycles. The zero-order valence-electron chi connectivity index (χ0n) is 21.9. The maximum atomic E-state index is 14.2. The summed E-state index contributed by atoms with van der Waals surface area (Å²) < 4.78 is 28.0. The fraction of sp³-hybridized carbons (Fsp3) is 0.367. The van der Waals surface area contributed by atoms with Gasteiger partial charge in [-0.1, -0.05) is 36.0 Å². The molecular weight excluding hydrogens is 531 g/mol. The van der Waals surface area contributed by atoms with Crippen molar-refractivity contribution in [2.75, 3.05) is 19.7 Å². The zero-order valence-corrected chi connectivity index (χ0v) is 22.7. The van der Waals surface area contributed by atoms with Crippen LogP contribution in [0.2, 0.25) is 0 Å². The fourth-order valence-electron chi connectivity index (χ4n) is 5.26. The van der Waals surface area contributed by atoms with Crippen molar-refractivity contribution in [3.63, 3.8) is 0 Å². The van der Waals surface area contributed by atoms with Gasteiger partial charge >= 0.3 is 5.97 Å². The molecular formula is C30H29FN4O4S. The number of carboxylic acids is 1. The van der Waals surface area contributed by atoms with Gasteiger partial charge in [0.2, 0.25) is 0 Å². The largest absolute Gasteiger partial charge is 0.489 e. The first-order valence-electron chi connectivity index (χ1n) is 13.4. The van der Waals surface area contributed by atoms with Gasteiger partial charge in [-0.25, -0.2) is 9.37 Å². The van der Waals surface area contributed by atoms with Gasteiger partial charge in [0.25, 0.3) is 0 Å². The zero-order chi connectivity index (χ0) is 27.6. The van der Waals surface area contributed by atoms with Crippen LogP contribution in [-0.2, 0) is 35.6 Å². The van der Waals surface area contributed by atoms with E-state index in [1.165, 1.54) is 23.4 Å². The molecule has 1 N–H and O–H groups in total.